The maximum absolute atomic E-state index is 12.9. The second kappa shape index (κ2) is 4.83. The second-order valence-corrected chi connectivity index (χ2v) is 5.61. The van der Waals surface area contributed by atoms with Gasteiger partial charge in [0.25, 0.3) is 0 Å². The first kappa shape index (κ1) is 12.5. The first-order chi connectivity index (χ1) is 9.15. The number of halogens is 1. The fraction of sp³-hybridized carbons (Fsp3) is 0.533. The van der Waals surface area contributed by atoms with Crippen LogP contribution in [-0.2, 0) is 4.79 Å². The molecule has 4 heteroatoms. The van der Waals surface area contributed by atoms with Gasteiger partial charge in [-0.3, -0.25) is 4.79 Å². The summed E-state index contributed by atoms with van der Waals surface area (Å²) in [6.45, 7) is 5.35. The number of hydrogen-bond acceptors (Lipinski definition) is 2. The quantitative estimate of drug-likeness (QED) is 0.815. The van der Waals surface area contributed by atoms with Gasteiger partial charge in [-0.2, -0.15) is 0 Å². The average molecular weight is 262 g/mol. The third kappa shape index (κ3) is 2.57. The van der Waals surface area contributed by atoms with Gasteiger partial charge in [0.2, 0.25) is 5.91 Å². The number of anilines is 1. The molecule has 1 aromatic rings. The van der Waals surface area contributed by atoms with Crippen LogP contribution in [0.4, 0.5) is 10.1 Å². The Hall–Kier alpha value is -1.58. The molecule has 1 aliphatic carbocycles. The number of hydrogen-bond donors (Lipinski definition) is 0. The Labute approximate surface area is 113 Å². The van der Waals surface area contributed by atoms with Gasteiger partial charge in [-0.15, -0.1) is 0 Å². The van der Waals surface area contributed by atoms with Gasteiger partial charge in [0.05, 0.1) is 0 Å². The minimum Gasteiger partial charge on any atom is -0.368 e. The predicted octanol–water partition coefficient (Wildman–Crippen LogP) is 2.13. The van der Waals surface area contributed by atoms with Gasteiger partial charge in [0.15, 0.2) is 0 Å². The lowest BCUT2D eigenvalue weighted by Gasteiger charge is -2.36. The van der Waals surface area contributed by atoms with Crippen molar-refractivity contribution >= 4 is 11.6 Å². The van der Waals surface area contributed by atoms with Crippen LogP contribution in [0.1, 0.15) is 13.3 Å². The van der Waals surface area contributed by atoms with Crippen LogP contribution in [0.15, 0.2) is 24.3 Å². The standard InChI is InChI=1S/C15H19FN2O/c1-11-10-14(11)15(19)18-8-6-17(7-9-18)13-4-2-12(16)3-5-13/h2-5,11,14H,6-10H2,1H3/t11-,14-/m0/s1. The summed E-state index contributed by atoms with van der Waals surface area (Å²) in [5, 5.41) is 0. The van der Waals surface area contributed by atoms with E-state index in [1.54, 1.807) is 12.1 Å². The van der Waals surface area contributed by atoms with Crippen LogP contribution in [0.25, 0.3) is 0 Å². The summed E-state index contributed by atoms with van der Waals surface area (Å²) in [5.74, 6) is 0.964. The topological polar surface area (TPSA) is 23.6 Å². The van der Waals surface area contributed by atoms with Crippen molar-refractivity contribution in [2.75, 3.05) is 31.1 Å². The molecule has 3 nitrogen and oxygen atoms in total. The van der Waals surface area contributed by atoms with E-state index >= 15 is 0 Å². The maximum atomic E-state index is 12.9. The fourth-order valence-corrected chi connectivity index (χ4v) is 2.74. The minimum atomic E-state index is -0.208. The Morgan fingerprint density at radius 1 is 1.16 bits per heavy atom. The molecule has 1 aliphatic heterocycles. The van der Waals surface area contributed by atoms with Gasteiger partial charge in [-0.05, 0) is 36.6 Å². The van der Waals surface area contributed by atoms with Gasteiger partial charge >= 0.3 is 0 Å². The van der Waals surface area contributed by atoms with Crippen LogP contribution < -0.4 is 4.90 Å². The first-order valence-corrected chi connectivity index (χ1v) is 6.94. The molecule has 0 aromatic heterocycles. The van der Waals surface area contributed by atoms with E-state index < -0.39 is 0 Å². The van der Waals surface area contributed by atoms with Crippen LogP contribution in [0.5, 0.6) is 0 Å². The Bertz CT molecular complexity index is 466. The molecule has 1 aromatic carbocycles. The third-order valence-corrected chi connectivity index (χ3v) is 4.21. The SMILES string of the molecule is C[C@H]1C[C@@H]1C(=O)N1CCN(c2ccc(F)cc2)CC1. The number of amides is 1. The first-order valence-electron chi connectivity index (χ1n) is 6.94. The van der Waals surface area contributed by atoms with E-state index in [9.17, 15) is 9.18 Å². The summed E-state index contributed by atoms with van der Waals surface area (Å²) in [4.78, 5) is 16.3. The predicted molar refractivity (Wildman–Crippen MR) is 72.5 cm³/mol. The molecule has 1 saturated carbocycles. The highest BCUT2D eigenvalue weighted by molar-refractivity contribution is 5.81. The number of carbonyl (C=O) groups is 1. The Morgan fingerprint density at radius 2 is 1.74 bits per heavy atom. The summed E-state index contributed by atoms with van der Waals surface area (Å²) in [7, 11) is 0. The summed E-state index contributed by atoms with van der Waals surface area (Å²) in [6.07, 6.45) is 1.05. The molecule has 1 amide bonds. The van der Waals surface area contributed by atoms with Gasteiger partial charge in [0.1, 0.15) is 5.82 Å². The molecule has 0 unspecified atom stereocenters. The zero-order valence-corrected chi connectivity index (χ0v) is 11.2. The van der Waals surface area contributed by atoms with E-state index in [1.807, 2.05) is 4.90 Å². The zero-order valence-electron chi connectivity index (χ0n) is 11.2. The van der Waals surface area contributed by atoms with Crippen LogP contribution in [0.2, 0.25) is 0 Å². The van der Waals surface area contributed by atoms with Gasteiger partial charge in [0, 0.05) is 37.8 Å². The van der Waals surface area contributed by atoms with Gasteiger partial charge in [-0.25, -0.2) is 4.39 Å². The Kier molecular flexibility index (Phi) is 3.17. The number of rotatable bonds is 2. The Morgan fingerprint density at radius 3 is 2.26 bits per heavy atom. The van der Waals surface area contributed by atoms with E-state index in [0.717, 1.165) is 38.3 Å². The van der Waals surface area contributed by atoms with Crippen molar-refractivity contribution in [3.63, 3.8) is 0 Å². The molecule has 1 saturated heterocycles. The summed E-state index contributed by atoms with van der Waals surface area (Å²) < 4.78 is 12.9. The van der Waals surface area contributed by atoms with Crippen molar-refractivity contribution in [1.82, 2.24) is 4.90 Å². The Balaban J connectivity index is 1.57. The molecule has 2 aliphatic rings. The molecule has 1 heterocycles. The molecular weight excluding hydrogens is 243 g/mol. The van der Waals surface area contributed by atoms with E-state index in [4.69, 9.17) is 0 Å². The number of piperazine rings is 1. The maximum Gasteiger partial charge on any atom is 0.226 e. The van der Waals surface area contributed by atoms with Crippen LogP contribution >= 0.6 is 0 Å². The molecule has 0 N–H and O–H groups in total. The average Bonchev–Trinajstić information content (AvgIpc) is 3.16. The smallest absolute Gasteiger partial charge is 0.226 e. The lowest BCUT2D eigenvalue weighted by atomic mass is 10.2. The highest BCUT2D eigenvalue weighted by Crippen LogP contribution is 2.39. The highest BCUT2D eigenvalue weighted by atomic mass is 19.1. The molecule has 2 fully saturated rings. The highest BCUT2D eigenvalue weighted by Gasteiger charge is 2.41. The van der Waals surface area contributed by atoms with Gasteiger partial charge < -0.3 is 9.80 Å². The van der Waals surface area contributed by atoms with E-state index in [0.29, 0.717) is 11.8 Å². The lowest BCUT2D eigenvalue weighted by molar-refractivity contribution is -0.133. The van der Waals surface area contributed by atoms with E-state index in [2.05, 4.69) is 11.8 Å². The van der Waals surface area contributed by atoms with Gasteiger partial charge in [-0.1, -0.05) is 6.92 Å². The molecule has 3 rings (SSSR count). The van der Waals surface area contributed by atoms with Crippen molar-refractivity contribution in [2.45, 2.75) is 13.3 Å². The molecule has 0 radical (unpaired) electrons. The van der Waals surface area contributed by atoms with E-state index in [-0.39, 0.29) is 11.7 Å². The summed E-state index contributed by atoms with van der Waals surface area (Å²) in [6, 6.07) is 6.57. The van der Waals surface area contributed by atoms with Crippen molar-refractivity contribution < 1.29 is 9.18 Å². The largest absolute Gasteiger partial charge is 0.368 e. The van der Waals surface area contributed by atoms with Crippen LogP contribution in [-0.4, -0.2) is 37.0 Å². The van der Waals surface area contributed by atoms with E-state index in [1.165, 1.54) is 12.1 Å². The fourth-order valence-electron chi connectivity index (χ4n) is 2.74. The molecule has 102 valence electrons. The lowest BCUT2D eigenvalue weighted by Crippen LogP contribution is -2.49. The van der Waals surface area contributed by atoms with Crippen LogP contribution in [0, 0.1) is 17.7 Å². The normalized spacial score (nSPS) is 26.4. The second-order valence-electron chi connectivity index (χ2n) is 5.61. The number of nitrogens with zero attached hydrogens (tertiary/aromatic N) is 2. The number of carbonyl (C=O) groups excluding carboxylic acids is 1. The molecule has 0 bridgehead atoms. The zero-order chi connectivity index (χ0) is 13.4. The van der Waals surface area contributed by atoms with Crippen molar-refractivity contribution in [2.24, 2.45) is 11.8 Å². The minimum absolute atomic E-state index is 0.208. The summed E-state index contributed by atoms with van der Waals surface area (Å²) >= 11 is 0. The van der Waals surface area contributed by atoms with Crippen molar-refractivity contribution in [3.05, 3.63) is 30.1 Å². The molecule has 19 heavy (non-hydrogen) atoms. The van der Waals surface area contributed by atoms with Crippen molar-refractivity contribution in [1.29, 1.82) is 0 Å². The molecule has 2 atom stereocenters. The molecule has 0 spiro atoms. The number of benzene rings is 1. The summed E-state index contributed by atoms with van der Waals surface area (Å²) in [5.41, 5.74) is 1.04. The monoisotopic (exact) mass is 262 g/mol. The third-order valence-electron chi connectivity index (χ3n) is 4.21. The van der Waals surface area contributed by atoms with Crippen LogP contribution in [0.3, 0.4) is 0 Å². The molecular formula is C15H19FN2O. The van der Waals surface area contributed by atoms with Crippen molar-refractivity contribution in [3.8, 4) is 0 Å².